The van der Waals surface area contributed by atoms with E-state index < -0.39 is 0 Å². The molecule has 17 heavy (non-hydrogen) atoms. The molecule has 0 amide bonds. The van der Waals surface area contributed by atoms with Crippen LogP contribution in [0.25, 0.3) is 0 Å². The van der Waals surface area contributed by atoms with Gasteiger partial charge in [-0.25, -0.2) is 0 Å². The molecule has 3 nitrogen and oxygen atoms in total. The molecule has 4 heteroatoms. The van der Waals surface area contributed by atoms with E-state index in [0.29, 0.717) is 12.1 Å². The number of hydrogen-bond donors (Lipinski definition) is 2. The SMILES string of the molecule is Cc1ccc(C#N)cc1NCc1sccc1N. The summed E-state index contributed by atoms with van der Waals surface area (Å²) in [6, 6.07) is 9.66. The standard InChI is InChI=1S/C13H13N3S/c1-9-2-3-10(7-14)6-12(9)16-8-13-11(15)4-5-17-13/h2-6,16H,8,15H2,1H3. The van der Waals surface area contributed by atoms with Gasteiger partial charge in [0, 0.05) is 16.3 Å². The summed E-state index contributed by atoms with van der Waals surface area (Å²) in [7, 11) is 0. The van der Waals surface area contributed by atoms with Gasteiger partial charge in [0.1, 0.15) is 0 Å². The number of benzene rings is 1. The predicted octanol–water partition coefficient (Wildman–Crippen LogP) is 3.12. The first-order valence-corrected chi connectivity index (χ1v) is 6.15. The highest BCUT2D eigenvalue weighted by Gasteiger charge is 2.03. The summed E-state index contributed by atoms with van der Waals surface area (Å²) in [4.78, 5) is 1.12. The van der Waals surface area contributed by atoms with Crippen molar-refractivity contribution in [1.82, 2.24) is 0 Å². The molecule has 1 aromatic carbocycles. The third kappa shape index (κ3) is 2.58. The van der Waals surface area contributed by atoms with E-state index in [4.69, 9.17) is 11.0 Å². The maximum atomic E-state index is 8.85. The van der Waals surface area contributed by atoms with Crippen molar-refractivity contribution in [2.24, 2.45) is 0 Å². The third-order valence-corrected chi connectivity index (χ3v) is 3.52. The van der Waals surface area contributed by atoms with E-state index in [2.05, 4.69) is 11.4 Å². The van der Waals surface area contributed by atoms with Crippen molar-refractivity contribution >= 4 is 22.7 Å². The topological polar surface area (TPSA) is 61.8 Å². The van der Waals surface area contributed by atoms with Gasteiger partial charge in [-0.3, -0.25) is 0 Å². The normalized spacial score (nSPS) is 9.88. The number of nitrogen functional groups attached to an aromatic ring is 1. The molecule has 0 saturated carbocycles. The lowest BCUT2D eigenvalue weighted by Gasteiger charge is -2.09. The van der Waals surface area contributed by atoms with E-state index in [9.17, 15) is 0 Å². The summed E-state index contributed by atoms with van der Waals surface area (Å²) in [5.41, 5.74) is 9.40. The molecule has 0 bridgehead atoms. The molecule has 86 valence electrons. The van der Waals surface area contributed by atoms with Crippen LogP contribution in [-0.4, -0.2) is 0 Å². The Balaban J connectivity index is 2.14. The van der Waals surface area contributed by atoms with E-state index in [1.54, 1.807) is 11.3 Å². The van der Waals surface area contributed by atoms with Crippen molar-refractivity contribution in [3.63, 3.8) is 0 Å². The Morgan fingerprint density at radius 2 is 2.24 bits per heavy atom. The van der Waals surface area contributed by atoms with Gasteiger partial charge in [-0.1, -0.05) is 6.07 Å². The molecule has 0 atom stereocenters. The second kappa shape index (κ2) is 4.89. The van der Waals surface area contributed by atoms with Gasteiger partial charge in [0.15, 0.2) is 0 Å². The molecule has 0 saturated heterocycles. The minimum absolute atomic E-state index is 0.664. The molecule has 3 N–H and O–H groups in total. The van der Waals surface area contributed by atoms with E-state index in [0.717, 1.165) is 21.8 Å². The monoisotopic (exact) mass is 243 g/mol. The zero-order valence-corrected chi connectivity index (χ0v) is 10.3. The Hall–Kier alpha value is -1.99. The number of nitrogens with zero attached hydrogens (tertiary/aromatic N) is 1. The summed E-state index contributed by atoms with van der Waals surface area (Å²) < 4.78 is 0. The summed E-state index contributed by atoms with van der Waals surface area (Å²) in [5, 5.41) is 14.1. The molecule has 0 unspecified atom stereocenters. The van der Waals surface area contributed by atoms with Gasteiger partial charge in [-0.15, -0.1) is 11.3 Å². The highest BCUT2D eigenvalue weighted by Crippen LogP contribution is 2.22. The van der Waals surface area contributed by atoms with Gasteiger partial charge in [0.2, 0.25) is 0 Å². The van der Waals surface area contributed by atoms with Crippen molar-refractivity contribution < 1.29 is 0 Å². The highest BCUT2D eigenvalue weighted by molar-refractivity contribution is 7.10. The van der Waals surface area contributed by atoms with Crippen LogP contribution in [0.4, 0.5) is 11.4 Å². The minimum Gasteiger partial charge on any atom is -0.398 e. The molecule has 2 aromatic rings. The number of nitrogens with two attached hydrogens (primary N) is 1. The van der Waals surface area contributed by atoms with Crippen LogP contribution in [-0.2, 0) is 6.54 Å². The first-order chi connectivity index (χ1) is 8.20. The van der Waals surface area contributed by atoms with Crippen LogP contribution >= 0.6 is 11.3 Å². The Morgan fingerprint density at radius 1 is 1.41 bits per heavy atom. The van der Waals surface area contributed by atoms with Crippen molar-refractivity contribution in [3.05, 3.63) is 45.6 Å². The van der Waals surface area contributed by atoms with Crippen LogP contribution in [0.15, 0.2) is 29.6 Å². The number of nitrogens with one attached hydrogen (secondary N) is 1. The van der Waals surface area contributed by atoms with Crippen LogP contribution in [0.5, 0.6) is 0 Å². The van der Waals surface area contributed by atoms with Crippen molar-refractivity contribution in [2.45, 2.75) is 13.5 Å². The molecule has 0 aliphatic carbocycles. The van der Waals surface area contributed by atoms with Crippen molar-refractivity contribution in [1.29, 1.82) is 5.26 Å². The fraction of sp³-hybridized carbons (Fsp3) is 0.154. The lowest BCUT2D eigenvalue weighted by atomic mass is 10.1. The largest absolute Gasteiger partial charge is 0.398 e. The number of anilines is 2. The Morgan fingerprint density at radius 3 is 2.88 bits per heavy atom. The first kappa shape index (κ1) is 11.5. The average Bonchev–Trinajstić information content (AvgIpc) is 2.74. The van der Waals surface area contributed by atoms with Gasteiger partial charge in [0.05, 0.1) is 18.2 Å². The smallest absolute Gasteiger partial charge is 0.0992 e. The van der Waals surface area contributed by atoms with Crippen LogP contribution in [0.1, 0.15) is 16.0 Å². The van der Waals surface area contributed by atoms with Crippen LogP contribution < -0.4 is 11.1 Å². The minimum atomic E-state index is 0.664. The number of aryl methyl sites for hydroxylation is 1. The van der Waals surface area contributed by atoms with Gasteiger partial charge in [-0.2, -0.15) is 5.26 Å². The lowest BCUT2D eigenvalue weighted by molar-refractivity contribution is 1.18. The van der Waals surface area contributed by atoms with E-state index in [1.807, 2.05) is 36.6 Å². The molecule has 0 spiro atoms. The Labute approximate surface area is 105 Å². The van der Waals surface area contributed by atoms with Crippen molar-refractivity contribution in [2.75, 3.05) is 11.1 Å². The maximum absolute atomic E-state index is 8.85. The van der Waals surface area contributed by atoms with Crippen LogP contribution in [0, 0.1) is 18.3 Å². The summed E-state index contributed by atoms with van der Waals surface area (Å²) >= 11 is 1.63. The van der Waals surface area contributed by atoms with Gasteiger partial charge < -0.3 is 11.1 Å². The van der Waals surface area contributed by atoms with Gasteiger partial charge >= 0.3 is 0 Å². The number of thiophene rings is 1. The quantitative estimate of drug-likeness (QED) is 0.870. The summed E-state index contributed by atoms with van der Waals surface area (Å²) in [6.45, 7) is 2.71. The Bertz CT molecular complexity index is 566. The second-order valence-corrected chi connectivity index (χ2v) is 4.79. The van der Waals surface area contributed by atoms with Gasteiger partial charge in [0.25, 0.3) is 0 Å². The zero-order valence-electron chi connectivity index (χ0n) is 9.53. The molecule has 1 heterocycles. The average molecular weight is 243 g/mol. The van der Waals surface area contributed by atoms with Crippen LogP contribution in [0.2, 0.25) is 0 Å². The molecular formula is C13H13N3S. The third-order valence-electron chi connectivity index (χ3n) is 2.59. The fourth-order valence-electron chi connectivity index (χ4n) is 1.55. The predicted molar refractivity (Wildman–Crippen MR) is 72.0 cm³/mol. The number of nitriles is 1. The molecule has 0 aliphatic heterocycles. The Kier molecular flexibility index (Phi) is 3.31. The van der Waals surface area contributed by atoms with Crippen molar-refractivity contribution in [3.8, 4) is 6.07 Å². The molecule has 0 radical (unpaired) electrons. The highest BCUT2D eigenvalue weighted by atomic mass is 32.1. The van der Waals surface area contributed by atoms with E-state index >= 15 is 0 Å². The molecule has 0 aliphatic rings. The molecule has 2 rings (SSSR count). The maximum Gasteiger partial charge on any atom is 0.0992 e. The van der Waals surface area contributed by atoms with Gasteiger partial charge in [-0.05, 0) is 36.1 Å². The zero-order chi connectivity index (χ0) is 12.3. The van der Waals surface area contributed by atoms with Crippen LogP contribution in [0.3, 0.4) is 0 Å². The van der Waals surface area contributed by atoms with E-state index in [-0.39, 0.29) is 0 Å². The summed E-state index contributed by atoms with van der Waals surface area (Å²) in [6.07, 6.45) is 0. The molecular weight excluding hydrogens is 230 g/mol. The van der Waals surface area contributed by atoms with E-state index in [1.165, 1.54) is 0 Å². The molecule has 1 aromatic heterocycles. The summed E-state index contributed by atoms with van der Waals surface area (Å²) in [5.74, 6) is 0. The lowest BCUT2D eigenvalue weighted by Crippen LogP contribution is -2.01. The number of rotatable bonds is 3. The second-order valence-electron chi connectivity index (χ2n) is 3.79. The first-order valence-electron chi connectivity index (χ1n) is 5.27. The fourth-order valence-corrected chi connectivity index (χ4v) is 2.29. The molecule has 0 fully saturated rings. The number of hydrogen-bond acceptors (Lipinski definition) is 4.